The molecule has 1 atom stereocenters. The lowest BCUT2D eigenvalue weighted by Crippen LogP contribution is -2.13. The van der Waals surface area contributed by atoms with Crippen molar-refractivity contribution < 1.29 is 27.2 Å². The summed E-state index contributed by atoms with van der Waals surface area (Å²) in [7, 11) is -3.76. The number of aromatic nitrogens is 4. The van der Waals surface area contributed by atoms with Gasteiger partial charge in [-0.05, 0) is 43.2 Å². The molecule has 0 saturated heterocycles. The van der Waals surface area contributed by atoms with E-state index >= 15 is 0 Å². The summed E-state index contributed by atoms with van der Waals surface area (Å²) in [5.74, 6) is 0.750. The van der Waals surface area contributed by atoms with Crippen molar-refractivity contribution in [1.29, 1.82) is 0 Å². The highest BCUT2D eigenvalue weighted by Gasteiger charge is 2.26. The molecule has 0 saturated carbocycles. The number of imidazole rings is 1. The van der Waals surface area contributed by atoms with Crippen LogP contribution in [0.3, 0.4) is 0 Å². The molecule has 3 heterocycles. The molecule has 1 unspecified atom stereocenters. The fourth-order valence-electron chi connectivity index (χ4n) is 3.21. The molecule has 0 amide bonds. The highest BCUT2D eigenvalue weighted by molar-refractivity contribution is 7.53. The third-order valence-electron chi connectivity index (χ3n) is 5.08. The van der Waals surface area contributed by atoms with Gasteiger partial charge in [-0.3, -0.25) is 18.9 Å². The van der Waals surface area contributed by atoms with E-state index in [1.54, 1.807) is 42.7 Å². The molecule has 3 N–H and O–H groups in total. The van der Waals surface area contributed by atoms with E-state index in [1.165, 1.54) is 12.4 Å². The molecule has 186 valence electrons. The summed E-state index contributed by atoms with van der Waals surface area (Å²) >= 11 is 0. The smallest absolute Gasteiger partial charge is 0.356 e. The number of hydrogen-bond donors (Lipinski definition) is 2. The maximum atomic E-state index is 13.9. The molecule has 35 heavy (non-hydrogen) atoms. The zero-order valence-electron chi connectivity index (χ0n) is 19.2. The predicted molar refractivity (Wildman–Crippen MR) is 125 cm³/mol. The Morgan fingerprint density at radius 2 is 2.00 bits per heavy atom. The summed E-state index contributed by atoms with van der Waals surface area (Å²) in [6.45, 7) is 3.56. The van der Waals surface area contributed by atoms with Gasteiger partial charge in [0.15, 0.2) is 11.2 Å². The second kappa shape index (κ2) is 10.5. The molecule has 0 fully saturated rings. The Kier molecular flexibility index (Phi) is 7.46. The van der Waals surface area contributed by atoms with Crippen LogP contribution in [-0.2, 0) is 38.1 Å². The van der Waals surface area contributed by atoms with Crippen LogP contribution < -0.4 is 11.3 Å². The summed E-state index contributed by atoms with van der Waals surface area (Å²) in [4.78, 5) is 22.4. The molecule has 1 aromatic carbocycles. The monoisotopic (exact) mass is 505 g/mol. The molecule has 4 rings (SSSR count). The molecular formula is C22H25FN5O6P. The first kappa shape index (κ1) is 24.8. The molecule has 4 aromatic rings. The molecule has 0 bridgehead atoms. The number of nitrogen functional groups attached to an aromatic ring is 1. The van der Waals surface area contributed by atoms with Crippen LogP contribution in [0.1, 0.15) is 22.6 Å². The van der Waals surface area contributed by atoms with Crippen LogP contribution in [0.5, 0.6) is 0 Å². The molecule has 0 aliphatic carbocycles. The Balaban J connectivity index is 1.40. The van der Waals surface area contributed by atoms with Gasteiger partial charge in [0.2, 0.25) is 5.95 Å². The van der Waals surface area contributed by atoms with Crippen molar-refractivity contribution in [2.24, 2.45) is 0 Å². The van der Waals surface area contributed by atoms with Gasteiger partial charge in [-0.15, -0.1) is 0 Å². The molecule has 0 spiro atoms. The Bertz CT molecular complexity index is 1430. The van der Waals surface area contributed by atoms with Crippen LogP contribution in [0.25, 0.3) is 11.2 Å². The maximum Gasteiger partial charge on any atom is 0.356 e. The van der Waals surface area contributed by atoms with E-state index in [-0.39, 0.29) is 50.0 Å². The van der Waals surface area contributed by atoms with Crippen molar-refractivity contribution in [1.82, 2.24) is 19.5 Å². The summed E-state index contributed by atoms with van der Waals surface area (Å²) in [5.41, 5.74) is 6.61. The summed E-state index contributed by atoms with van der Waals surface area (Å²) in [6, 6.07) is 8.09. The minimum Gasteiger partial charge on any atom is -0.464 e. The zero-order valence-corrected chi connectivity index (χ0v) is 20.1. The van der Waals surface area contributed by atoms with E-state index < -0.39 is 13.2 Å². The van der Waals surface area contributed by atoms with E-state index in [0.717, 1.165) is 0 Å². The maximum absolute atomic E-state index is 13.9. The number of H-pyrrole nitrogens is 1. The van der Waals surface area contributed by atoms with Crippen LogP contribution in [0, 0.1) is 19.7 Å². The summed E-state index contributed by atoms with van der Waals surface area (Å²) in [5, 5.41) is 0. The van der Waals surface area contributed by atoms with Crippen molar-refractivity contribution in [2.45, 2.75) is 33.6 Å². The zero-order chi connectivity index (χ0) is 25.0. The molecule has 13 heteroatoms. The first-order valence-corrected chi connectivity index (χ1v) is 12.4. The lowest BCUT2D eigenvalue weighted by Gasteiger charge is -2.18. The van der Waals surface area contributed by atoms with Crippen LogP contribution >= 0.6 is 7.60 Å². The number of fused-ring (bicyclic) bond motifs is 1. The molecule has 11 nitrogen and oxygen atoms in total. The van der Waals surface area contributed by atoms with Crippen LogP contribution in [0.2, 0.25) is 0 Å². The van der Waals surface area contributed by atoms with Gasteiger partial charge < -0.3 is 24.0 Å². The highest BCUT2D eigenvalue weighted by Crippen LogP contribution is 2.49. The number of anilines is 1. The Hall–Kier alpha value is -3.31. The van der Waals surface area contributed by atoms with Crippen LogP contribution in [0.4, 0.5) is 10.3 Å². The second-order valence-corrected chi connectivity index (χ2v) is 9.85. The minimum absolute atomic E-state index is 0.0304. The van der Waals surface area contributed by atoms with Crippen LogP contribution in [0.15, 0.2) is 45.9 Å². The van der Waals surface area contributed by atoms with Crippen molar-refractivity contribution >= 4 is 24.7 Å². The normalized spacial score (nSPS) is 13.3. The fourth-order valence-corrected chi connectivity index (χ4v) is 4.46. The van der Waals surface area contributed by atoms with Gasteiger partial charge in [0.05, 0.1) is 19.5 Å². The largest absolute Gasteiger partial charge is 0.464 e. The predicted octanol–water partition coefficient (Wildman–Crippen LogP) is 3.65. The van der Waals surface area contributed by atoms with Crippen molar-refractivity contribution in [3.8, 4) is 0 Å². The first-order chi connectivity index (χ1) is 16.7. The second-order valence-electron chi connectivity index (χ2n) is 7.85. The number of rotatable bonds is 11. The van der Waals surface area contributed by atoms with Gasteiger partial charge in [-0.2, -0.15) is 4.98 Å². The molecule has 0 aliphatic heterocycles. The number of furan rings is 1. The summed E-state index contributed by atoms with van der Waals surface area (Å²) in [6.07, 6.45) is 1.08. The average Bonchev–Trinajstić information content (AvgIpc) is 3.42. The molecule has 3 aromatic heterocycles. The number of aryl methyl sites for hydroxylation is 2. The van der Waals surface area contributed by atoms with Gasteiger partial charge >= 0.3 is 7.60 Å². The lowest BCUT2D eigenvalue weighted by molar-refractivity contribution is 0.114. The SMILES string of the molecule is Cc1ccc(COP(=O)(COCCn2cnc3c(=O)[nH]c(N)nc32)OCc2ccc(C)c(F)c2)o1. The van der Waals surface area contributed by atoms with Crippen molar-refractivity contribution in [3.63, 3.8) is 0 Å². The van der Waals surface area contributed by atoms with E-state index in [1.807, 2.05) is 0 Å². The topological polar surface area (TPSA) is 147 Å². The number of nitrogens with zero attached hydrogens (tertiary/aromatic N) is 3. The Labute approximate surface area is 199 Å². The van der Waals surface area contributed by atoms with Crippen molar-refractivity contribution in [3.05, 3.63) is 75.5 Å². The molecular weight excluding hydrogens is 480 g/mol. The minimum atomic E-state index is -3.76. The number of benzene rings is 1. The highest BCUT2D eigenvalue weighted by atomic mass is 31.2. The summed E-state index contributed by atoms with van der Waals surface area (Å²) < 4.78 is 51.1. The molecule has 0 radical (unpaired) electrons. The third-order valence-corrected chi connectivity index (χ3v) is 6.63. The first-order valence-electron chi connectivity index (χ1n) is 10.7. The number of hydrogen-bond acceptors (Lipinski definition) is 9. The van der Waals surface area contributed by atoms with E-state index in [9.17, 15) is 13.8 Å². The lowest BCUT2D eigenvalue weighted by atomic mass is 10.1. The van der Waals surface area contributed by atoms with E-state index in [0.29, 0.717) is 28.3 Å². The average molecular weight is 505 g/mol. The number of halogens is 1. The quantitative estimate of drug-likeness (QED) is 0.230. The Morgan fingerprint density at radius 1 is 1.20 bits per heavy atom. The van der Waals surface area contributed by atoms with E-state index in [2.05, 4.69) is 15.0 Å². The van der Waals surface area contributed by atoms with Gasteiger partial charge in [-0.25, -0.2) is 9.37 Å². The third kappa shape index (κ3) is 6.23. The number of ether oxygens (including phenoxy) is 1. The number of nitrogens with two attached hydrogens (primary N) is 1. The van der Waals surface area contributed by atoms with Crippen molar-refractivity contribution in [2.75, 3.05) is 18.7 Å². The van der Waals surface area contributed by atoms with Gasteiger partial charge in [-0.1, -0.05) is 12.1 Å². The van der Waals surface area contributed by atoms with Gasteiger partial charge in [0.25, 0.3) is 5.56 Å². The van der Waals surface area contributed by atoms with E-state index in [4.69, 9.17) is 23.9 Å². The number of aromatic amines is 1. The number of nitrogens with one attached hydrogen (secondary N) is 1. The molecule has 0 aliphatic rings. The van der Waals surface area contributed by atoms with Gasteiger partial charge in [0.1, 0.15) is 30.3 Å². The van der Waals surface area contributed by atoms with Gasteiger partial charge in [0, 0.05) is 6.54 Å². The van der Waals surface area contributed by atoms with Crippen LogP contribution in [-0.4, -0.2) is 32.5 Å². The Morgan fingerprint density at radius 3 is 2.74 bits per heavy atom. The standard InChI is InChI=1S/C22H25FN5O6P/c1-14-3-5-16(9-18(14)23)10-32-35(30,33-11-17-6-4-15(2)34-17)13-31-8-7-28-12-25-19-20(28)26-22(24)27-21(19)29/h3-6,9,12H,7-8,10-11,13H2,1-2H3,(H3,24,26,27,29). The fraction of sp³-hybridized carbons (Fsp3) is 0.318.